The number of thiophene rings is 1. The highest BCUT2D eigenvalue weighted by Crippen LogP contribution is 2.29. The van der Waals surface area contributed by atoms with E-state index in [1.54, 1.807) is 19.5 Å². The fourth-order valence-electron chi connectivity index (χ4n) is 3.33. The molecule has 1 amide bonds. The van der Waals surface area contributed by atoms with E-state index in [2.05, 4.69) is 9.88 Å². The SMILES string of the molecule is COc1ccc(CN(Cc2cccnc2)C(=O)c2ccc(C)s2)cc1OCCCN(C)C. The van der Waals surface area contributed by atoms with Gasteiger partial charge in [0.2, 0.25) is 0 Å². The largest absolute Gasteiger partial charge is 0.493 e. The third-order valence-corrected chi connectivity index (χ3v) is 5.93. The maximum atomic E-state index is 13.3. The van der Waals surface area contributed by atoms with Gasteiger partial charge in [-0.25, -0.2) is 0 Å². The van der Waals surface area contributed by atoms with Crippen molar-refractivity contribution in [1.29, 1.82) is 0 Å². The lowest BCUT2D eigenvalue weighted by atomic mass is 10.1. The number of hydrogen-bond acceptors (Lipinski definition) is 6. The van der Waals surface area contributed by atoms with Gasteiger partial charge in [0, 0.05) is 36.9 Å². The summed E-state index contributed by atoms with van der Waals surface area (Å²) in [6, 6.07) is 13.6. The van der Waals surface area contributed by atoms with Crippen LogP contribution in [0.3, 0.4) is 0 Å². The molecule has 2 aromatic heterocycles. The smallest absolute Gasteiger partial charge is 0.264 e. The third kappa shape index (κ3) is 6.80. The number of rotatable bonds is 11. The van der Waals surface area contributed by atoms with E-state index in [-0.39, 0.29) is 5.91 Å². The number of aryl methyl sites for hydroxylation is 1. The molecule has 0 saturated carbocycles. The van der Waals surface area contributed by atoms with Crippen molar-refractivity contribution in [2.75, 3.05) is 34.4 Å². The summed E-state index contributed by atoms with van der Waals surface area (Å²) in [5, 5.41) is 0. The van der Waals surface area contributed by atoms with Crippen LogP contribution in [-0.4, -0.2) is 55.0 Å². The van der Waals surface area contributed by atoms with Crippen LogP contribution in [0, 0.1) is 6.92 Å². The van der Waals surface area contributed by atoms with Gasteiger partial charge in [0.25, 0.3) is 5.91 Å². The van der Waals surface area contributed by atoms with Crippen molar-refractivity contribution in [3.63, 3.8) is 0 Å². The molecule has 0 aliphatic carbocycles. The molecule has 2 heterocycles. The van der Waals surface area contributed by atoms with E-state index in [0.29, 0.717) is 31.2 Å². The van der Waals surface area contributed by atoms with Gasteiger partial charge in [-0.05, 0) is 68.9 Å². The number of carbonyl (C=O) groups excluding carboxylic acids is 1. The normalized spacial score (nSPS) is 10.9. The molecule has 32 heavy (non-hydrogen) atoms. The Morgan fingerprint density at radius 1 is 1.06 bits per heavy atom. The maximum Gasteiger partial charge on any atom is 0.264 e. The highest BCUT2D eigenvalue weighted by molar-refractivity contribution is 7.13. The molecule has 6 nitrogen and oxygen atoms in total. The summed E-state index contributed by atoms with van der Waals surface area (Å²) in [7, 11) is 5.73. The van der Waals surface area contributed by atoms with Crippen molar-refractivity contribution >= 4 is 17.2 Å². The molecule has 170 valence electrons. The minimum atomic E-state index is 0.0104. The molecule has 0 N–H and O–H groups in total. The van der Waals surface area contributed by atoms with Gasteiger partial charge in [-0.1, -0.05) is 12.1 Å². The lowest BCUT2D eigenvalue weighted by Gasteiger charge is -2.23. The standard InChI is InChI=1S/C25H31N3O3S/c1-19-8-11-24(32-19)25(29)28(18-21-7-5-12-26-16-21)17-20-9-10-22(30-4)23(15-20)31-14-6-13-27(2)3/h5,7-12,15-16H,6,13-14,17-18H2,1-4H3. The van der Waals surface area contributed by atoms with Crippen LogP contribution in [0.4, 0.5) is 0 Å². The molecular weight excluding hydrogens is 422 g/mol. The highest BCUT2D eigenvalue weighted by Gasteiger charge is 2.19. The molecule has 0 aliphatic rings. The van der Waals surface area contributed by atoms with E-state index in [4.69, 9.17) is 9.47 Å². The molecule has 0 fully saturated rings. The van der Waals surface area contributed by atoms with Crippen LogP contribution >= 0.6 is 11.3 Å². The number of carbonyl (C=O) groups is 1. The Morgan fingerprint density at radius 2 is 1.88 bits per heavy atom. The van der Waals surface area contributed by atoms with Crippen molar-refractivity contribution in [1.82, 2.24) is 14.8 Å². The van der Waals surface area contributed by atoms with Crippen molar-refractivity contribution in [3.8, 4) is 11.5 Å². The molecule has 0 unspecified atom stereocenters. The molecule has 3 aromatic rings. The Labute approximate surface area is 194 Å². The first-order valence-corrected chi connectivity index (χ1v) is 11.5. The zero-order valence-electron chi connectivity index (χ0n) is 19.2. The van der Waals surface area contributed by atoms with Crippen LogP contribution in [0.1, 0.15) is 32.1 Å². The number of pyridine rings is 1. The second kappa shape index (κ2) is 11.6. The Hall–Kier alpha value is -2.90. The van der Waals surface area contributed by atoms with E-state index in [1.807, 2.05) is 68.4 Å². The van der Waals surface area contributed by atoms with Crippen LogP contribution in [-0.2, 0) is 13.1 Å². The fraction of sp³-hybridized carbons (Fsp3) is 0.360. The van der Waals surface area contributed by atoms with Gasteiger partial charge in [0.1, 0.15) is 0 Å². The number of methoxy groups -OCH3 is 1. The van der Waals surface area contributed by atoms with E-state index < -0.39 is 0 Å². The van der Waals surface area contributed by atoms with Crippen molar-refractivity contribution in [2.45, 2.75) is 26.4 Å². The van der Waals surface area contributed by atoms with Crippen LogP contribution in [0.5, 0.6) is 11.5 Å². The summed E-state index contributed by atoms with van der Waals surface area (Å²) in [5.41, 5.74) is 1.97. The van der Waals surface area contributed by atoms with Gasteiger partial charge in [-0.3, -0.25) is 9.78 Å². The van der Waals surface area contributed by atoms with Crippen LogP contribution in [0.15, 0.2) is 54.9 Å². The first-order valence-electron chi connectivity index (χ1n) is 10.7. The molecule has 0 saturated heterocycles. The molecular formula is C25H31N3O3S. The summed E-state index contributed by atoms with van der Waals surface area (Å²) in [5.74, 6) is 1.40. The summed E-state index contributed by atoms with van der Waals surface area (Å²) in [4.78, 5) is 23.3. The fourth-order valence-corrected chi connectivity index (χ4v) is 4.17. The first kappa shape index (κ1) is 23.8. The molecule has 0 aliphatic heterocycles. The van der Waals surface area contributed by atoms with Crippen molar-refractivity contribution in [2.24, 2.45) is 0 Å². The summed E-state index contributed by atoms with van der Waals surface area (Å²) in [6.45, 7) is 4.51. The number of ether oxygens (including phenoxy) is 2. The highest BCUT2D eigenvalue weighted by atomic mass is 32.1. The first-order chi connectivity index (χ1) is 15.5. The number of amides is 1. The Bertz CT molecular complexity index is 1000. The van der Waals surface area contributed by atoms with E-state index in [1.165, 1.54) is 11.3 Å². The predicted molar refractivity (Wildman–Crippen MR) is 129 cm³/mol. The minimum absolute atomic E-state index is 0.0104. The van der Waals surface area contributed by atoms with E-state index in [9.17, 15) is 4.79 Å². The molecule has 0 bridgehead atoms. The van der Waals surface area contributed by atoms with E-state index >= 15 is 0 Å². The summed E-state index contributed by atoms with van der Waals surface area (Å²) >= 11 is 1.51. The predicted octanol–water partition coefficient (Wildman–Crippen LogP) is 4.63. The number of benzene rings is 1. The second-order valence-corrected chi connectivity index (χ2v) is 9.21. The second-order valence-electron chi connectivity index (χ2n) is 7.92. The lowest BCUT2D eigenvalue weighted by molar-refractivity contribution is 0.0734. The van der Waals surface area contributed by atoms with Gasteiger partial charge >= 0.3 is 0 Å². The number of aromatic nitrogens is 1. The molecule has 1 aromatic carbocycles. The van der Waals surface area contributed by atoms with Gasteiger partial charge in [-0.15, -0.1) is 11.3 Å². The van der Waals surface area contributed by atoms with Gasteiger partial charge in [0.15, 0.2) is 11.5 Å². The average Bonchev–Trinajstić information content (AvgIpc) is 3.23. The van der Waals surface area contributed by atoms with Crippen molar-refractivity contribution < 1.29 is 14.3 Å². The van der Waals surface area contributed by atoms with Gasteiger partial charge < -0.3 is 19.3 Å². The van der Waals surface area contributed by atoms with Crippen LogP contribution in [0.2, 0.25) is 0 Å². The van der Waals surface area contributed by atoms with Crippen LogP contribution < -0.4 is 9.47 Å². The molecule has 0 spiro atoms. The zero-order chi connectivity index (χ0) is 22.9. The van der Waals surface area contributed by atoms with Gasteiger partial charge in [0.05, 0.1) is 18.6 Å². The minimum Gasteiger partial charge on any atom is -0.493 e. The molecule has 3 rings (SSSR count). The third-order valence-electron chi connectivity index (χ3n) is 4.94. The number of nitrogens with zero attached hydrogens (tertiary/aromatic N) is 3. The monoisotopic (exact) mass is 453 g/mol. The maximum absolute atomic E-state index is 13.3. The Kier molecular flexibility index (Phi) is 8.64. The van der Waals surface area contributed by atoms with E-state index in [0.717, 1.165) is 33.8 Å². The lowest BCUT2D eigenvalue weighted by Crippen LogP contribution is -2.29. The van der Waals surface area contributed by atoms with Crippen LogP contribution in [0.25, 0.3) is 0 Å². The molecule has 0 radical (unpaired) electrons. The summed E-state index contributed by atoms with van der Waals surface area (Å²) < 4.78 is 11.5. The Morgan fingerprint density at radius 3 is 2.53 bits per heavy atom. The number of hydrogen-bond donors (Lipinski definition) is 0. The zero-order valence-corrected chi connectivity index (χ0v) is 20.0. The average molecular weight is 454 g/mol. The van der Waals surface area contributed by atoms with Crippen molar-refractivity contribution in [3.05, 3.63) is 75.7 Å². The Balaban J connectivity index is 1.79. The van der Waals surface area contributed by atoms with Gasteiger partial charge in [-0.2, -0.15) is 0 Å². The quantitative estimate of drug-likeness (QED) is 0.396. The summed E-state index contributed by atoms with van der Waals surface area (Å²) in [6.07, 6.45) is 4.46. The molecule has 7 heteroatoms. The topological polar surface area (TPSA) is 54.9 Å². The molecule has 0 atom stereocenters.